The van der Waals surface area contributed by atoms with E-state index in [-0.39, 0.29) is 5.91 Å². The normalized spacial score (nSPS) is 10.5. The van der Waals surface area contributed by atoms with Crippen molar-refractivity contribution in [3.05, 3.63) is 65.7 Å². The Hall–Kier alpha value is -2.53. The molecule has 3 rings (SSSR count). The van der Waals surface area contributed by atoms with Crippen LogP contribution < -0.4 is 5.32 Å². The molecule has 0 radical (unpaired) electrons. The Kier molecular flexibility index (Phi) is 5.33. The molecular weight excluding hydrogens is 318 g/mol. The number of aromatic nitrogens is 2. The predicted octanol–water partition coefficient (Wildman–Crippen LogP) is 4.34. The zero-order chi connectivity index (χ0) is 16.8. The van der Waals surface area contributed by atoms with E-state index in [1.54, 1.807) is 0 Å². The van der Waals surface area contributed by atoms with Crippen molar-refractivity contribution < 1.29 is 4.79 Å². The minimum atomic E-state index is -0.0367. The lowest BCUT2D eigenvalue weighted by Gasteiger charge is -2.03. The quantitative estimate of drug-likeness (QED) is 0.728. The van der Waals surface area contributed by atoms with Gasteiger partial charge in [-0.2, -0.15) is 0 Å². The fourth-order valence-electron chi connectivity index (χ4n) is 2.35. The topological polar surface area (TPSA) is 54.9 Å². The van der Waals surface area contributed by atoms with E-state index >= 15 is 0 Å². The summed E-state index contributed by atoms with van der Waals surface area (Å²) in [6.07, 6.45) is 2.19. The first-order valence-corrected chi connectivity index (χ1v) is 8.83. The van der Waals surface area contributed by atoms with Crippen molar-refractivity contribution in [2.75, 3.05) is 5.32 Å². The molecule has 1 amide bonds. The van der Waals surface area contributed by atoms with Crippen LogP contribution in [0.4, 0.5) is 5.13 Å². The Morgan fingerprint density at radius 1 is 1.00 bits per heavy atom. The summed E-state index contributed by atoms with van der Waals surface area (Å²) in [7, 11) is 0. The average molecular weight is 337 g/mol. The minimum Gasteiger partial charge on any atom is -0.301 e. The summed E-state index contributed by atoms with van der Waals surface area (Å²) in [4.78, 5) is 12.1. The summed E-state index contributed by atoms with van der Waals surface area (Å²) in [5, 5.41) is 12.4. The second-order valence-electron chi connectivity index (χ2n) is 5.50. The van der Waals surface area contributed by atoms with Gasteiger partial charge in [0.1, 0.15) is 5.01 Å². The fourth-order valence-corrected chi connectivity index (χ4v) is 3.12. The van der Waals surface area contributed by atoms with Crippen LogP contribution in [-0.2, 0) is 17.6 Å². The molecule has 0 saturated heterocycles. The third kappa shape index (κ3) is 4.26. The first-order chi connectivity index (χ1) is 11.7. The van der Waals surface area contributed by atoms with Crippen molar-refractivity contribution in [1.82, 2.24) is 10.2 Å². The Morgan fingerprint density at radius 2 is 1.71 bits per heavy atom. The van der Waals surface area contributed by atoms with Crippen molar-refractivity contribution in [1.29, 1.82) is 0 Å². The van der Waals surface area contributed by atoms with Crippen LogP contribution in [0, 0.1) is 0 Å². The van der Waals surface area contributed by atoms with Gasteiger partial charge in [0.05, 0.1) is 0 Å². The van der Waals surface area contributed by atoms with Gasteiger partial charge < -0.3 is 5.32 Å². The summed E-state index contributed by atoms with van der Waals surface area (Å²) < 4.78 is 0. The van der Waals surface area contributed by atoms with E-state index in [4.69, 9.17) is 0 Å². The number of aryl methyl sites for hydroxylation is 2. The molecule has 1 heterocycles. The molecule has 0 spiro atoms. The molecule has 0 bridgehead atoms. The van der Waals surface area contributed by atoms with Gasteiger partial charge in [-0.1, -0.05) is 72.9 Å². The minimum absolute atomic E-state index is 0.0367. The Morgan fingerprint density at radius 3 is 2.42 bits per heavy atom. The van der Waals surface area contributed by atoms with Crippen LogP contribution in [0.5, 0.6) is 0 Å². The number of nitrogens with zero attached hydrogens (tertiary/aromatic N) is 2. The Bertz CT molecular complexity index is 797. The van der Waals surface area contributed by atoms with Gasteiger partial charge in [-0.3, -0.25) is 4.79 Å². The highest BCUT2D eigenvalue weighted by Crippen LogP contribution is 2.25. The van der Waals surface area contributed by atoms with Crippen LogP contribution in [-0.4, -0.2) is 16.1 Å². The molecule has 3 aromatic rings. The molecule has 0 aliphatic heterocycles. The monoisotopic (exact) mass is 337 g/mol. The van der Waals surface area contributed by atoms with E-state index in [1.165, 1.54) is 22.5 Å². The third-order valence-electron chi connectivity index (χ3n) is 3.76. The third-order valence-corrected chi connectivity index (χ3v) is 4.65. The van der Waals surface area contributed by atoms with Crippen molar-refractivity contribution in [3.8, 4) is 10.6 Å². The summed E-state index contributed by atoms with van der Waals surface area (Å²) in [6.45, 7) is 2.13. The molecule has 122 valence electrons. The molecule has 0 atom stereocenters. The number of benzene rings is 2. The molecule has 0 unspecified atom stereocenters. The average Bonchev–Trinajstić information content (AvgIpc) is 3.09. The first kappa shape index (κ1) is 16.3. The number of hydrogen-bond donors (Lipinski definition) is 1. The van der Waals surface area contributed by atoms with Crippen molar-refractivity contribution in [3.63, 3.8) is 0 Å². The standard InChI is InChI=1S/C19H19N3OS/c1-2-14-8-10-15(11-9-14)12-13-17(23)20-19-22-21-18(24-19)16-6-4-3-5-7-16/h3-11H,2,12-13H2,1H3,(H,20,22,23). The van der Waals surface area contributed by atoms with Crippen LogP contribution in [0.1, 0.15) is 24.5 Å². The molecule has 2 aromatic carbocycles. The molecule has 0 aliphatic rings. The molecular formula is C19H19N3OS. The second-order valence-corrected chi connectivity index (χ2v) is 6.47. The molecule has 0 saturated carbocycles. The molecule has 0 aliphatic carbocycles. The lowest BCUT2D eigenvalue weighted by molar-refractivity contribution is -0.116. The van der Waals surface area contributed by atoms with E-state index in [0.29, 0.717) is 11.6 Å². The van der Waals surface area contributed by atoms with Gasteiger partial charge in [-0.25, -0.2) is 0 Å². The van der Waals surface area contributed by atoms with Gasteiger partial charge in [0.15, 0.2) is 0 Å². The summed E-state index contributed by atoms with van der Waals surface area (Å²) in [6, 6.07) is 18.2. The highest BCUT2D eigenvalue weighted by atomic mass is 32.1. The highest BCUT2D eigenvalue weighted by molar-refractivity contribution is 7.18. The number of anilines is 1. The van der Waals surface area contributed by atoms with Gasteiger partial charge in [-0.05, 0) is 24.0 Å². The largest absolute Gasteiger partial charge is 0.301 e. The van der Waals surface area contributed by atoms with E-state index in [9.17, 15) is 4.79 Å². The van der Waals surface area contributed by atoms with E-state index in [0.717, 1.165) is 23.4 Å². The van der Waals surface area contributed by atoms with Crippen LogP contribution >= 0.6 is 11.3 Å². The number of hydrogen-bond acceptors (Lipinski definition) is 4. The Balaban J connectivity index is 1.54. The smallest absolute Gasteiger partial charge is 0.226 e. The van der Waals surface area contributed by atoms with Crippen molar-refractivity contribution >= 4 is 22.4 Å². The lowest BCUT2D eigenvalue weighted by Crippen LogP contribution is -2.12. The molecule has 24 heavy (non-hydrogen) atoms. The van der Waals surface area contributed by atoms with Gasteiger partial charge >= 0.3 is 0 Å². The summed E-state index contributed by atoms with van der Waals surface area (Å²) in [5.41, 5.74) is 3.49. The van der Waals surface area contributed by atoms with Gasteiger partial charge in [0.25, 0.3) is 0 Å². The maximum atomic E-state index is 12.1. The van der Waals surface area contributed by atoms with Crippen molar-refractivity contribution in [2.45, 2.75) is 26.2 Å². The zero-order valence-corrected chi connectivity index (χ0v) is 14.3. The predicted molar refractivity (Wildman–Crippen MR) is 98.1 cm³/mol. The van der Waals surface area contributed by atoms with Crippen molar-refractivity contribution in [2.24, 2.45) is 0 Å². The molecule has 1 aromatic heterocycles. The molecule has 0 fully saturated rings. The van der Waals surface area contributed by atoms with E-state index in [2.05, 4.69) is 46.7 Å². The van der Waals surface area contributed by atoms with Crippen LogP contribution in [0.15, 0.2) is 54.6 Å². The number of carbonyl (C=O) groups excluding carboxylic acids is 1. The first-order valence-electron chi connectivity index (χ1n) is 8.01. The lowest BCUT2D eigenvalue weighted by atomic mass is 10.1. The van der Waals surface area contributed by atoms with E-state index < -0.39 is 0 Å². The Labute approximate surface area is 145 Å². The van der Waals surface area contributed by atoms with Gasteiger partial charge in [0.2, 0.25) is 11.0 Å². The second kappa shape index (κ2) is 7.84. The molecule has 5 heteroatoms. The maximum Gasteiger partial charge on any atom is 0.226 e. The van der Waals surface area contributed by atoms with Crippen LogP contribution in [0.3, 0.4) is 0 Å². The van der Waals surface area contributed by atoms with Crippen LogP contribution in [0.25, 0.3) is 10.6 Å². The molecule has 1 N–H and O–H groups in total. The fraction of sp³-hybridized carbons (Fsp3) is 0.211. The maximum absolute atomic E-state index is 12.1. The number of rotatable bonds is 6. The van der Waals surface area contributed by atoms with E-state index in [1.807, 2.05) is 30.3 Å². The van der Waals surface area contributed by atoms with Gasteiger partial charge in [0, 0.05) is 12.0 Å². The van der Waals surface area contributed by atoms with Gasteiger partial charge in [-0.15, -0.1) is 10.2 Å². The zero-order valence-electron chi connectivity index (χ0n) is 13.5. The summed E-state index contributed by atoms with van der Waals surface area (Å²) >= 11 is 1.39. The number of amides is 1. The SMILES string of the molecule is CCc1ccc(CCC(=O)Nc2nnc(-c3ccccc3)s2)cc1. The number of nitrogens with one attached hydrogen (secondary N) is 1. The summed E-state index contributed by atoms with van der Waals surface area (Å²) in [5.74, 6) is -0.0367. The number of carbonyl (C=O) groups is 1. The highest BCUT2D eigenvalue weighted by Gasteiger charge is 2.09. The molecule has 4 nitrogen and oxygen atoms in total. The van der Waals surface area contributed by atoms with Crippen LogP contribution in [0.2, 0.25) is 0 Å².